The summed E-state index contributed by atoms with van der Waals surface area (Å²) in [5, 5.41) is 0. The second kappa shape index (κ2) is 5.09. The Hall–Kier alpha value is -1.38. The van der Waals surface area contributed by atoms with Gasteiger partial charge in [0.05, 0.1) is 0 Å². The monoisotopic (exact) mass is 249 g/mol. The maximum absolute atomic E-state index is 13.6. The number of carbonyl (C=O) groups is 1. The summed E-state index contributed by atoms with van der Waals surface area (Å²) >= 11 is 0. The molecule has 1 aliphatic carbocycles. The highest BCUT2D eigenvalue weighted by molar-refractivity contribution is 6.00. The third-order valence-corrected chi connectivity index (χ3v) is 3.91. The van der Waals surface area contributed by atoms with Crippen molar-refractivity contribution in [1.82, 2.24) is 0 Å². The molecule has 0 atom stereocenters. The Morgan fingerprint density at radius 2 is 1.94 bits per heavy atom. The van der Waals surface area contributed by atoms with Crippen LogP contribution in [0.25, 0.3) is 0 Å². The molecule has 1 fully saturated rings. The lowest BCUT2D eigenvalue weighted by molar-refractivity contribution is 0.101. The van der Waals surface area contributed by atoms with Gasteiger partial charge < -0.3 is 4.90 Å². The first-order valence-corrected chi connectivity index (χ1v) is 6.54. The van der Waals surface area contributed by atoms with Gasteiger partial charge in [-0.1, -0.05) is 12.8 Å². The number of aryl methyl sites for hydroxylation is 1. The molecular formula is C15H20FNO. The van der Waals surface area contributed by atoms with Gasteiger partial charge in [-0.05, 0) is 44.4 Å². The maximum Gasteiger partial charge on any atom is 0.161 e. The van der Waals surface area contributed by atoms with Crippen LogP contribution >= 0.6 is 0 Å². The second-order valence-corrected chi connectivity index (χ2v) is 5.22. The lowest BCUT2D eigenvalue weighted by Gasteiger charge is -2.28. The van der Waals surface area contributed by atoms with Crippen LogP contribution in [0, 0.1) is 12.7 Å². The zero-order valence-electron chi connectivity index (χ0n) is 11.3. The number of hydrogen-bond donors (Lipinski definition) is 0. The summed E-state index contributed by atoms with van der Waals surface area (Å²) in [7, 11) is 2.01. The van der Waals surface area contributed by atoms with Crippen molar-refractivity contribution in [2.45, 2.75) is 45.6 Å². The fourth-order valence-corrected chi connectivity index (χ4v) is 2.73. The number of ketones is 1. The van der Waals surface area contributed by atoms with E-state index in [1.54, 1.807) is 13.0 Å². The average molecular weight is 249 g/mol. The molecular weight excluding hydrogens is 229 g/mol. The molecule has 1 aliphatic rings. The average Bonchev–Trinajstić information content (AvgIpc) is 2.84. The van der Waals surface area contributed by atoms with Crippen LogP contribution in [0.2, 0.25) is 0 Å². The summed E-state index contributed by atoms with van der Waals surface area (Å²) < 4.78 is 13.6. The van der Waals surface area contributed by atoms with Crippen molar-refractivity contribution in [3.63, 3.8) is 0 Å². The van der Waals surface area contributed by atoms with Gasteiger partial charge in [0.2, 0.25) is 0 Å². The summed E-state index contributed by atoms with van der Waals surface area (Å²) in [4.78, 5) is 13.8. The van der Waals surface area contributed by atoms with Gasteiger partial charge in [0.1, 0.15) is 5.82 Å². The number of rotatable bonds is 3. The molecule has 18 heavy (non-hydrogen) atoms. The summed E-state index contributed by atoms with van der Waals surface area (Å²) in [6, 6.07) is 3.65. The van der Waals surface area contributed by atoms with Crippen molar-refractivity contribution in [3.05, 3.63) is 29.1 Å². The zero-order chi connectivity index (χ0) is 13.3. The number of anilines is 1. The fourth-order valence-electron chi connectivity index (χ4n) is 2.73. The van der Waals surface area contributed by atoms with Crippen LogP contribution in [0.15, 0.2) is 12.1 Å². The number of hydrogen-bond acceptors (Lipinski definition) is 2. The molecule has 0 heterocycles. The molecule has 1 aromatic carbocycles. The van der Waals surface area contributed by atoms with E-state index in [-0.39, 0.29) is 11.6 Å². The number of nitrogens with zero attached hydrogens (tertiary/aromatic N) is 1. The topological polar surface area (TPSA) is 20.3 Å². The van der Waals surface area contributed by atoms with E-state index in [1.807, 2.05) is 7.05 Å². The molecule has 1 aromatic rings. The van der Waals surface area contributed by atoms with E-state index in [0.29, 0.717) is 17.2 Å². The van der Waals surface area contributed by atoms with E-state index in [9.17, 15) is 9.18 Å². The van der Waals surface area contributed by atoms with Gasteiger partial charge in [-0.25, -0.2) is 4.39 Å². The van der Waals surface area contributed by atoms with Gasteiger partial charge >= 0.3 is 0 Å². The first kappa shape index (κ1) is 13.1. The minimum Gasteiger partial charge on any atom is -0.371 e. The molecule has 0 aliphatic heterocycles. The third-order valence-electron chi connectivity index (χ3n) is 3.91. The van der Waals surface area contributed by atoms with Gasteiger partial charge in [0.15, 0.2) is 5.78 Å². The lowest BCUT2D eigenvalue weighted by atomic mass is 10.0. The Bertz CT molecular complexity index is 464. The standard InChI is InChI=1S/C15H20FNO/c1-10-8-15(13(11(2)18)9-14(10)16)17(3)12-6-4-5-7-12/h8-9,12H,4-7H2,1-3H3. The van der Waals surface area contributed by atoms with Crippen molar-refractivity contribution >= 4 is 11.5 Å². The molecule has 0 saturated heterocycles. The van der Waals surface area contributed by atoms with Crippen LogP contribution in [0.5, 0.6) is 0 Å². The van der Waals surface area contributed by atoms with E-state index >= 15 is 0 Å². The molecule has 2 rings (SSSR count). The van der Waals surface area contributed by atoms with Crippen LogP contribution < -0.4 is 4.90 Å². The molecule has 1 saturated carbocycles. The molecule has 0 radical (unpaired) electrons. The van der Waals surface area contributed by atoms with Crippen LogP contribution in [0.4, 0.5) is 10.1 Å². The second-order valence-electron chi connectivity index (χ2n) is 5.22. The summed E-state index contributed by atoms with van der Waals surface area (Å²) in [6.45, 7) is 3.24. The summed E-state index contributed by atoms with van der Waals surface area (Å²) in [5.74, 6) is -0.377. The van der Waals surface area contributed by atoms with Crippen molar-refractivity contribution in [2.24, 2.45) is 0 Å². The van der Waals surface area contributed by atoms with E-state index in [4.69, 9.17) is 0 Å². The first-order valence-electron chi connectivity index (χ1n) is 6.54. The van der Waals surface area contributed by atoms with Crippen molar-refractivity contribution < 1.29 is 9.18 Å². The van der Waals surface area contributed by atoms with E-state index in [1.165, 1.54) is 25.8 Å². The molecule has 0 amide bonds. The Balaban J connectivity index is 2.41. The fraction of sp³-hybridized carbons (Fsp3) is 0.533. The Kier molecular flexibility index (Phi) is 3.69. The quantitative estimate of drug-likeness (QED) is 0.761. The predicted octanol–water partition coefficient (Wildman–Crippen LogP) is 3.72. The Labute approximate surface area is 108 Å². The molecule has 2 nitrogen and oxygen atoms in total. The lowest BCUT2D eigenvalue weighted by Crippen LogP contribution is -2.30. The largest absolute Gasteiger partial charge is 0.371 e. The number of halogens is 1. The molecule has 98 valence electrons. The third kappa shape index (κ3) is 2.40. The number of Topliss-reactive ketones (excluding diaryl/α,β-unsaturated/α-hetero) is 1. The van der Waals surface area contributed by atoms with Crippen LogP contribution in [-0.4, -0.2) is 18.9 Å². The van der Waals surface area contributed by atoms with Crippen LogP contribution in [0.3, 0.4) is 0 Å². The summed E-state index contributed by atoms with van der Waals surface area (Å²) in [5.41, 5.74) is 1.96. The smallest absolute Gasteiger partial charge is 0.161 e. The van der Waals surface area contributed by atoms with Crippen molar-refractivity contribution in [3.8, 4) is 0 Å². The van der Waals surface area contributed by atoms with E-state index < -0.39 is 0 Å². The number of benzene rings is 1. The Morgan fingerprint density at radius 3 is 2.50 bits per heavy atom. The zero-order valence-corrected chi connectivity index (χ0v) is 11.3. The minimum absolute atomic E-state index is 0.0752. The molecule has 3 heteroatoms. The normalized spacial score (nSPS) is 16.0. The highest BCUT2D eigenvalue weighted by atomic mass is 19.1. The van der Waals surface area contributed by atoms with Gasteiger partial charge in [-0.3, -0.25) is 4.79 Å². The van der Waals surface area contributed by atoms with Gasteiger partial charge in [0.25, 0.3) is 0 Å². The van der Waals surface area contributed by atoms with E-state index in [0.717, 1.165) is 18.5 Å². The first-order chi connectivity index (χ1) is 8.50. The summed E-state index contributed by atoms with van der Waals surface area (Å²) in [6.07, 6.45) is 4.80. The minimum atomic E-state index is -0.302. The highest BCUT2D eigenvalue weighted by Gasteiger charge is 2.23. The Morgan fingerprint density at radius 1 is 1.33 bits per heavy atom. The molecule has 0 N–H and O–H groups in total. The van der Waals surface area contributed by atoms with Gasteiger partial charge in [0, 0.05) is 24.3 Å². The molecule has 0 bridgehead atoms. The highest BCUT2D eigenvalue weighted by Crippen LogP contribution is 2.31. The van der Waals surface area contributed by atoms with Gasteiger partial charge in [-0.15, -0.1) is 0 Å². The van der Waals surface area contributed by atoms with Crippen LogP contribution in [0.1, 0.15) is 48.5 Å². The molecule has 0 aromatic heterocycles. The maximum atomic E-state index is 13.6. The molecule has 0 unspecified atom stereocenters. The number of carbonyl (C=O) groups excluding carboxylic acids is 1. The van der Waals surface area contributed by atoms with E-state index in [2.05, 4.69) is 4.90 Å². The predicted molar refractivity (Wildman–Crippen MR) is 71.8 cm³/mol. The van der Waals surface area contributed by atoms with Gasteiger partial charge in [-0.2, -0.15) is 0 Å². The van der Waals surface area contributed by atoms with Crippen molar-refractivity contribution in [1.29, 1.82) is 0 Å². The molecule has 0 spiro atoms. The SMILES string of the molecule is CC(=O)c1cc(F)c(C)cc1N(C)C1CCCC1. The van der Waals surface area contributed by atoms with Crippen molar-refractivity contribution in [2.75, 3.05) is 11.9 Å². The van der Waals surface area contributed by atoms with Crippen LogP contribution in [-0.2, 0) is 0 Å².